The van der Waals surface area contributed by atoms with Crippen molar-refractivity contribution in [2.24, 2.45) is 5.16 Å². The molecule has 2 aromatic rings. The van der Waals surface area contributed by atoms with Crippen molar-refractivity contribution in [1.29, 1.82) is 0 Å². The summed E-state index contributed by atoms with van der Waals surface area (Å²) in [7, 11) is 0. The normalized spacial score (nSPS) is 11.2. The third-order valence-electron chi connectivity index (χ3n) is 2.01. The highest BCUT2D eigenvalue weighted by Crippen LogP contribution is 2.03. The van der Waals surface area contributed by atoms with Gasteiger partial charge in [0.05, 0.1) is 0 Å². The van der Waals surface area contributed by atoms with E-state index in [4.69, 9.17) is 5.21 Å². The third-order valence-corrected chi connectivity index (χ3v) is 2.01. The van der Waals surface area contributed by atoms with E-state index in [0.717, 1.165) is 12.4 Å². The van der Waals surface area contributed by atoms with Gasteiger partial charge in [0.2, 0.25) is 0 Å². The smallest absolute Gasteiger partial charge is 0.304 e. The average molecular weight is 205 g/mol. The molecule has 2 rings (SSSR count). The molecule has 0 unspecified atom stereocenters. The molecule has 0 amide bonds. The third kappa shape index (κ3) is 1.41. The Morgan fingerprint density at radius 2 is 1.87 bits per heavy atom. The van der Waals surface area contributed by atoms with E-state index in [1.807, 2.05) is 0 Å². The number of hydrogen-bond donors (Lipinski definition) is 1. The van der Waals surface area contributed by atoms with Gasteiger partial charge in [-0.15, -0.1) is 0 Å². The minimum Gasteiger partial charge on any atom is -0.618 e. The van der Waals surface area contributed by atoms with E-state index in [1.54, 1.807) is 12.1 Å². The van der Waals surface area contributed by atoms with E-state index in [1.165, 1.54) is 12.1 Å². The first kappa shape index (κ1) is 9.20. The SMILES string of the molecule is [O-][n+]1cc(C=NO)[n+]([O-])c2ccccc21. The Morgan fingerprint density at radius 1 is 1.20 bits per heavy atom. The molecule has 6 nitrogen and oxygen atoms in total. The maximum atomic E-state index is 11.6. The second-order valence-electron chi connectivity index (χ2n) is 2.91. The van der Waals surface area contributed by atoms with Gasteiger partial charge in [0.15, 0.2) is 0 Å². The zero-order valence-corrected chi connectivity index (χ0v) is 7.57. The molecule has 76 valence electrons. The van der Waals surface area contributed by atoms with Gasteiger partial charge < -0.3 is 15.6 Å². The predicted molar refractivity (Wildman–Crippen MR) is 51.2 cm³/mol. The Morgan fingerprint density at radius 3 is 2.53 bits per heavy atom. The number of fused-ring (bicyclic) bond motifs is 1. The van der Waals surface area contributed by atoms with Crippen LogP contribution in [-0.2, 0) is 0 Å². The Balaban J connectivity index is 2.84. The Hall–Kier alpha value is -2.37. The van der Waals surface area contributed by atoms with Crippen LogP contribution in [0, 0.1) is 10.4 Å². The molecule has 0 saturated heterocycles. The molecular weight excluding hydrogens is 198 g/mol. The zero-order valence-electron chi connectivity index (χ0n) is 7.57. The van der Waals surface area contributed by atoms with Crippen LogP contribution in [0.1, 0.15) is 5.69 Å². The molecule has 1 aromatic carbocycles. The summed E-state index contributed by atoms with van der Waals surface area (Å²) >= 11 is 0. The minimum atomic E-state index is -0.0220. The number of rotatable bonds is 1. The fourth-order valence-electron chi connectivity index (χ4n) is 1.35. The lowest BCUT2D eigenvalue weighted by Gasteiger charge is -2.04. The average Bonchev–Trinajstić information content (AvgIpc) is 2.26. The molecule has 15 heavy (non-hydrogen) atoms. The van der Waals surface area contributed by atoms with Gasteiger partial charge in [0, 0.05) is 12.1 Å². The summed E-state index contributed by atoms with van der Waals surface area (Å²) in [6.07, 6.45) is 1.96. The molecule has 0 aliphatic carbocycles. The van der Waals surface area contributed by atoms with Gasteiger partial charge in [0.25, 0.3) is 17.2 Å². The number of para-hydroxylation sites is 2. The molecule has 0 bridgehead atoms. The number of benzene rings is 1. The fraction of sp³-hybridized carbons (Fsp3) is 0. The quantitative estimate of drug-likeness (QED) is 0.232. The molecule has 6 heteroatoms. The summed E-state index contributed by atoms with van der Waals surface area (Å²) < 4.78 is 1.09. The molecule has 1 aromatic heterocycles. The van der Waals surface area contributed by atoms with Crippen LogP contribution >= 0.6 is 0 Å². The predicted octanol–water partition coefficient (Wildman–Crippen LogP) is -0.0853. The largest absolute Gasteiger partial charge is 0.618 e. The van der Waals surface area contributed by atoms with Gasteiger partial charge in [-0.3, -0.25) is 0 Å². The van der Waals surface area contributed by atoms with Crippen LogP contribution in [0.3, 0.4) is 0 Å². The van der Waals surface area contributed by atoms with Gasteiger partial charge in [-0.1, -0.05) is 17.3 Å². The summed E-state index contributed by atoms with van der Waals surface area (Å²) in [4.78, 5) is 0. The van der Waals surface area contributed by atoms with E-state index >= 15 is 0 Å². The molecular formula is C9H7N3O3. The first-order valence-corrected chi connectivity index (χ1v) is 4.16. The maximum absolute atomic E-state index is 11.6. The minimum absolute atomic E-state index is 0.0220. The lowest BCUT2D eigenvalue weighted by molar-refractivity contribution is -0.629. The van der Waals surface area contributed by atoms with Crippen LogP contribution in [0.4, 0.5) is 0 Å². The number of oxime groups is 1. The van der Waals surface area contributed by atoms with Crippen LogP contribution < -0.4 is 9.46 Å². The number of aromatic nitrogens is 2. The maximum Gasteiger partial charge on any atom is 0.304 e. The molecule has 0 spiro atoms. The first-order chi connectivity index (χ1) is 7.24. The monoisotopic (exact) mass is 205 g/mol. The molecule has 1 heterocycles. The van der Waals surface area contributed by atoms with E-state index in [-0.39, 0.29) is 16.7 Å². The highest BCUT2D eigenvalue weighted by molar-refractivity contribution is 5.76. The van der Waals surface area contributed by atoms with Gasteiger partial charge >= 0.3 is 5.69 Å². The van der Waals surface area contributed by atoms with Gasteiger partial charge in [-0.05, 0) is 0 Å². The second kappa shape index (κ2) is 3.41. The molecule has 0 saturated carbocycles. The summed E-state index contributed by atoms with van der Waals surface area (Å²) in [6.45, 7) is 0. The highest BCUT2D eigenvalue weighted by Gasteiger charge is 2.16. The highest BCUT2D eigenvalue weighted by atomic mass is 16.5. The van der Waals surface area contributed by atoms with E-state index in [0.29, 0.717) is 9.46 Å². The van der Waals surface area contributed by atoms with Crippen molar-refractivity contribution >= 4 is 17.2 Å². The first-order valence-electron chi connectivity index (χ1n) is 4.16. The van der Waals surface area contributed by atoms with Gasteiger partial charge in [0.1, 0.15) is 6.21 Å². The van der Waals surface area contributed by atoms with E-state index in [9.17, 15) is 10.4 Å². The Labute approximate surface area is 84.5 Å². The Kier molecular flexibility index (Phi) is 2.09. The van der Waals surface area contributed by atoms with E-state index in [2.05, 4.69) is 5.16 Å². The summed E-state index contributed by atoms with van der Waals surface area (Å²) in [5.74, 6) is 0. The molecule has 0 aliphatic heterocycles. The van der Waals surface area contributed by atoms with Crippen molar-refractivity contribution in [2.75, 3.05) is 0 Å². The topological polar surface area (TPSA) is 86.5 Å². The molecule has 0 aliphatic rings. The van der Waals surface area contributed by atoms with Crippen molar-refractivity contribution in [2.45, 2.75) is 0 Å². The summed E-state index contributed by atoms with van der Waals surface area (Å²) in [5, 5.41) is 34.1. The lowest BCUT2D eigenvalue weighted by Crippen LogP contribution is -2.41. The van der Waals surface area contributed by atoms with Crippen LogP contribution in [0.15, 0.2) is 35.6 Å². The van der Waals surface area contributed by atoms with Crippen LogP contribution in [-0.4, -0.2) is 11.4 Å². The second-order valence-corrected chi connectivity index (χ2v) is 2.91. The van der Waals surface area contributed by atoms with Gasteiger partial charge in [-0.2, -0.15) is 9.46 Å². The van der Waals surface area contributed by atoms with Crippen LogP contribution in [0.2, 0.25) is 0 Å². The number of nitrogens with zero attached hydrogens (tertiary/aromatic N) is 3. The molecule has 0 fully saturated rings. The van der Waals surface area contributed by atoms with Crippen molar-refractivity contribution in [1.82, 2.24) is 0 Å². The lowest BCUT2D eigenvalue weighted by atomic mass is 10.3. The van der Waals surface area contributed by atoms with Crippen molar-refractivity contribution in [3.8, 4) is 0 Å². The molecule has 0 atom stereocenters. The summed E-state index contributed by atoms with van der Waals surface area (Å²) in [5.41, 5.74) is 0.471. The zero-order chi connectivity index (χ0) is 10.8. The van der Waals surface area contributed by atoms with Crippen molar-refractivity contribution in [3.63, 3.8) is 0 Å². The molecule has 0 radical (unpaired) electrons. The van der Waals surface area contributed by atoms with Crippen LogP contribution in [0.25, 0.3) is 11.0 Å². The van der Waals surface area contributed by atoms with Gasteiger partial charge in [-0.25, -0.2) is 0 Å². The fourth-order valence-corrected chi connectivity index (χ4v) is 1.35. The molecule has 1 N–H and O–H groups in total. The van der Waals surface area contributed by atoms with Crippen LogP contribution in [0.5, 0.6) is 0 Å². The summed E-state index contributed by atoms with van der Waals surface area (Å²) in [6, 6.07) is 6.37. The van der Waals surface area contributed by atoms with Crippen molar-refractivity contribution in [3.05, 3.63) is 46.6 Å². The Bertz CT molecular complexity index is 539. The standard InChI is InChI=1S/C9H7N3O3/c13-10-5-7-6-11(14)8-3-1-2-4-9(8)12(7)15/h1-6,13H. The number of hydrogen-bond acceptors (Lipinski definition) is 4. The van der Waals surface area contributed by atoms with Crippen molar-refractivity contribution < 1.29 is 14.7 Å². The van der Waals surface area contributed by atoms with E-state index < -0.39 is 0 Å².